The molecule has 0 bridgehead atoms. The lowest BCUT2D eigenvalue weighted by Crippen LogP contribution is -2.50. The molecule has 1 aromatic carbocycles. The summed E-state index contributed by atoms with van der Waals surface area (Å²) in [6, 6.07) is 8.42. The van der Waals surface area contributed by atoms with Gasteiger partial charge >= 0.3 is 0 Å². The van der Waals surface area contributed by atoms with E-state index in [4.69, 9.17) is 4.74 Å². The van der Waals surface area contributed by atoms with Crippen molar-refractivity contribution in [2.24, 2.45) is 4.99 Å². The third-order valence-electron chi connectivity index (χ3n) is 5.23. The number of aliphatic imine (C=N–C) groups is 1. The van der Waals surface area contributed by atoms with Crippen LogP contribution < -0.4 is 15.4 Å². The third kappa shape index (κ3) is 9.13. The lowest BCUT2D eigenvalue weighted by molar-refractivity contribution is 0.305. The van der Waals surface area contributed by atoms with Gasteiger partial charge in [0.05, 0.1) is 12.3 Å². The van der Waals surface area contributed by atoms with Gasteiger partial charge in [-0.25, -0.2) is 17.7 Å². The molecule has 0 unspecified atom stereocenters. The first-order valence-corrected chi connectivity index (χ1v) is 12.5. The van der Waals surface area contributed by atoms with Crippen LogP contribution in [0.2, 0.25) is 0 Å². The van der Waals surface area contributed by atoms with Crippen LogP contribution in [0.5, 0.6) is 5.75 Å². The highest BCUT2D eigenvalue weighted by Crippen LogP contribution is 2.25. The van der Waals surface area contributed by atoms with Gasteiger partial charge < -0.3 is 15.4 Å². The van der Waals surface area contributed by atoms with Gasteiger partial charge in [-0.3, -0.25) is 0 Å². The molecule has 7 nitrogen and oxygen atoms in total. The van der Waals surface area contributed by atoms with Crippen LogP contribution in [0.15, 0.2) is 29.3 Å². The molecule has 2 N–H and O–H groups in total. The summed E-state index contributed by atoms with van der Waals surface area (Å²) in [4.78, 5) is 4.62. The maximum atomic E-state index is 12.0. The second-order valence-corrected chi connectivity index (χ2v) is 10.9. The van der Waals surface area contributed by atoms with E-state index in [2.05, 4.69) is 48.5 Å². The third-order valence-corrected chi connectivity index (χ3v) is 7.11. The average Bonchev–Trinajstić information content (AvgIpc) is 2.71. The zero-order chi connectivity index (χ0) is 22.2. The molecule has 1 fully saturated rings. The van der Waals surface area contributed by atoms with Gasteiger partial charge in [0.1, 0.15) is 12.4 Å². The van der Waals surface area contributed by atoms with E-state index >= 15 is 0 Å². The highest BCUT2D eigenvalue weighted by Gasteiger charge is 2.27. The van der Waals surface area contributed by atoms with E-state index in [9.17, 15) is 8.42 Å². The van der Waals surface area contributed by atoms with E-state index in [0.717, 1.165) is 31.1 Å². The summed E-state index contributed by atoms with van der Waals surface area (Å²) in [6.07, 6.45) is 1.56. The molecule has 1 aliphatic rings. The molecule has 0 saturated carbocycles. The molecule has 0 atom stereocenters. The number of benzene rings is 1. The smallest absolute Gasteiger partial charge is 0.213 e. The van der Waals surface area contributed by atoms with Gasteiger partial charge in [-0.15, -0.1) is 24.0 Å². The highest BCUT2D eigenvalue weighted by molar-refractivity contribution is 14.0. The predicted octanol–water partition coefficient (Wildman–Crippen LogP) is 3.35. The first kappa shape index (κ1) is 28.0. The molecular weight excluding hydrogens is 527 g/mol. The molecule has 9 heteroatoms. The fourth-order valence-electron chi connectivity index (χ4n) is 3.35. The number of halogens is 1. The Hall–Kier alpha value is -1.07. The van der Waals surface area contributed by atoms with Crippen LogP contribution in [-0.4, -0.2) is 63.3 Å². The van der Waals surface area contributed by atoms with Crippen LogP contribution in [0.3, 0.4) is 0 Å². The number of nitrogens with one attached hydrogen (secondary N) is 2. The van der Waals surface area contributed by atoms with E-state index in [1.807, 2.05) is 19.1 Å². The summed E-state index contributed by atoms with van der Waals surface area (Å²) in [6.45, 7) is 13.2. The number of sulfonamides is 1. The minimum Gasteiger partial charge on any atom is -0.492 e. The number of rotatable bonds is 8. The topological polar surface area (TPSA) is 83.0 Å². The van der Waals surface area contributed by atoms with Gasteiger partial charge in [-0.05, 0) is 49.8 Å². The van der Waals surface area contributed by atoms with E-state index in [0.29, 0.717) is 26.2 Å². The largest absolute Gasteiger partial charge is 0.492 e. The Labute approximate surface area is 205 Å². The number of piperidine rings is 1. The lowest BCUT2D eigenvalue weighted by atomic mass is 9.87. The van der Waals surface area contributed by atoms with E-state index in [1.54, 1.807) is 11.2 Å². The summed E-state index contributed by atoms with van der Waals surface area (Å²) >= 11 is 0. The molecule has 1 heterocycles. The zero-order valence-electron chi connectivity index (χ0n) is 19.5. The molecule has 178 valence electrons. The number of guanidine groups is 1. The molecule has 0 spiro atoms. The average molecular weight is 567 g/mol. The van der Waals surface area contributed by atoms with Crippen molar-refractivity contribution in [3.05, 3.63) is 29.8 Å². The Bertz CT molecular complexity index is 801. The van der Waals surface area contributed by atoms with Crippen molar-refractivity contribution >= 4 is 40.0 Å². The first-order valence-electron chi connectivity index (χ1n) is 10.9. The van der Waals surface area contributed by atoms with Gasteiger partial charge in [-0.1, -0.05) is 32.9 Å². The molecule has 0 amide bonds. The summed E-state index contributed by atoms with van der Waals surface area (Å²) in [5, 5.41) is 6.70. The van der Waals surface area contributed by atoms with Crippen LogP contribution in [0.1, 0.15) is 53.0 Å². The molecule has 1 saturated heterocycles. The Balaban J connectivity index is 0.00000480. The normalized spacial score (nSPS) is 16.5. The Morgan fingerprint density at radius 1 is 1.23 bits per heavy atom. The summed E-state index contributed by atoms with van der Waals surface area (Å²) in [7, 11) is -3.10. The van der Waals surface area contributed by atoms with Crippen molar-refractivity contribution in [1.29, 1.82) is 0 Å². The second-order valence-electron chi connectivity index (χ2n) is 8.61. The summed E-state index contributed by atoms with van der Waals surface area (Å²) < 4.78 is 31.5. The zero-order valence-corrected chi connectivity index (χ0v) is 22.6. The van der Waals surface area contributed by atoms with Gasteiger partial charge in [-0.2, -0.15) is 0 Å². The van der Waals surface area contributed by atoms with E-state index in [1.165, 1.54) is 5.56 Å². The fraction of sp³-hybridized carbons (Fsp3) is 0.682. The number of ether oxygens (including phenoxy) is 1. The summed E-state index contributed by atoms with van der Waals surface area (Å²) in [5.41, 5.74) is 1.33. The van der Waals surface area contributed by atoms with Crippen molar-refractivity contribution in [2.45, 2.75) is 58.9 Å². The van der Waals surface area contributed by atoms with Crippen LogP contribution in [0.4, 0.5) is 0 Å². The SMILES string of the molecule is CCNC(=NCCOc1cccc(C(C)(C)C)c1)NC1CCN(S(=O)(=O)CC)CC1.I. The molecule has 0 aliphatic carbocycles. The quantitative estimate of drug-likeness (QED) is 0.218. The molecule has 2 rings (SSSR count). The maximum Gasteiger partial charge on any atom is 0.213 e. The molecular formula is C22H39IN4O3S. The van der Waals surface area contributed by atoms with Crippen molar-refractivity contribution in [2.75, 3.05) is 38.5 Å². The first-order chi connectivity index (χ1) is 14.2. The van der Waals surface area contributed by atoms with Gasteiger partial charge in [0.2, 0.25) is 10.0 Å². The van der Waals surface area contributed by atoms with Gasteiger partial charge in [0.25, 0.3) is 0 Å². The minimum absolute atomic E-state index is 0. The second kappa shape index (κ2) is 12.8. The number of hydrogen-bond donors (Lipinski definition) is 2. The minimum atomic E-state index is -3.10. The fourth-order valence-corrected chi connectivity index (χ4v) is 4.48. The molecule has 31 heavy (non-hydrogen) atoms. The Morgan fingerprint density at radius 2 is 1.90 bits per heavy atom. The van der Waals surface area contributed by atoms with Crippen LogP contribution in [0.25, 0.3) is 0 Å². The molecule has 0 radical (unpaired) electrons. The van der Waals surface area contributed by atoms with Crippen molar-refractivity contribution in [1.82, 2.24) is 14.9 Å². The van der Waals surface area contributed by atoms with Gasteiger partial charge in [0, 0.05) is 25.7 Å². The molecule has 1 aliphatic heterocycles. The van der Waals surface area contributed by atoms with Crippen molar-refractivity contribution < 1.29 is 13.2 Å². The van der Waals surface area contributed by atoms with Crippen molar-refractivity contribution in [3.63, 3.8) is 0 Å². The molecule has 1 aromatic rings. The van der Waals surface area contributed by atoms with Gasteiger partial charge in [0.15, 0.2) is 5.96 Å². The van der Waals surface area contributed by atoms with E-state index in [-0.39, 0.29) is 41.2 Å². The maximum absolute atomic E-state index is 12.0. The predicted molar refractivity (Wildman–Crippen MR) is 139 cm³/mol. The van der Waals surface area contributed by atoms with Crippen LogP contribution >= 0.6 is 24.0 Å². The Kier molecular flexibility index (Phi) is 11.6. The highest BCUT2D eigenvalue weighted by atomic mass is 127. The molecule has 0 aromatic heterocycles. The monoisotopic (exact) mass is 566 g/mol. The lowest BCUT2D eigenvalue weighted by Gasteiger charge is -2.32. The van der Waals surface area contributed by atoms with Crippen LogP contribution in [-0.2, 0) is 15.4 Å². The standard InChI is InChI=1S/C22H38N4O3S.HI/c1-6-23-21(25-19-11-14-26(15-12-19)30(27,28)7-2)24-13-16-29-20-10-8-9-18(17-20)22(3,4)5;/h8-10,17,19H,6-7,11-16H2,1-5H3,(H2,23,24,25);1H. The summed E-state index contributed by atoms with van der Waals surface area (Å²) in [5.74, 6) is 1.77. The van der Waals surface area contributed by atoms with E-state index < -0.39 is 10.0 Å². The number of nitrogens with zero attached hydrogens (tertiary/aromatic N) is 2. The number of hydrogen-bond acceptors (Lipinski definition) is 4. The van der Waals surface area contributed by atoms with Crippen LogP contribution in [0, 0.1) is 0 Å². The van der Waals surface area contributed by atoms with Crippen molar-refractivity contribution in [3.8, 4) is 5.75 Å². The Morgan fingerprint density at radius 3 is 2.48 bits per heavy atom.